The molecule has 3 rings (SSSR count). The van der Waals surface area contributed by atoms with Crippen molar-refractivity contribution in [3.05, 3.63) is 0 Å². The molecule has 1 N–H and O–H groups in total. The fourth-order valence-electron chi connectivity index (χ4n) is 4.83. The fourth-order valence-corrected chi connectivity index (χ4v) is 4.83. The summed E-state index contributed by atoms with van der Waals surface area (Å²) in [6.45, 7) is 0. The lowest BCUT2D eigenvalue weighted by atomic mass is 9.80. The molecule has 110 valence electrons. The van der Waals surface area contributed by atoms with E-state index in [0.717, 1.165) is 12.0 Å². The van der Waals surface area contributed by atoms with Crippen LogP contribution >= 0.6 is 0 Å². The quantitative estimate of drug-likeness (QED) is 0.831. The second-order valence-electron chi connectivity index (χ2n) is 7.20. The van der Waals surface area contributed by atoms with E-state index in [-0.39, 0.29) is 0 Å². The Hall–Kier alpha value is -0.0800. The smallest absolute Gasteiger partial charge is 0.0687 e. The SMILES string of the molecule is CNC1CCCCC1CC1CCC2(CCCCC2)O1. The first-order chi connectivity index (χ1) is 9.31. The summed E-state index contributed by atoms with van der Waals surface area (Å²) in [5, 5.41) is 3.54. The van der Waals surface area contributed by atoms with Gasteiger partial charge in [-0.25, -0.2) is 0 Å². The van der Waals surface area contributed by atoms with Crippen LogP contribution in [0.5, 0.6) is 0 Å². The molecule has 3 atom stereocenters. The number of hydrogen-bond donors (Lipinski definition) is 1. The van der Waals surface area contributed by atoms with Gasteiger partial charge in [-0.1, -0.05) is 32.1 Å². The molecule has 3 unspecified atom stereocenters. The first-order valence-electron chi connectivity index (χ1n) is 8.66. The van der Waals surface area contributed by atoms with Gasteiger partial charge in [0.15, 0.2) is 0 Å². The van der Waals surface area contributed by atoms with Crippen LogP contribution in [-0.2, 0) is 4.74 Å². The molecule has 2 aliphatic carbocycles. The van der Waals surface area contributed by atoms with Gasteiger partial charge in [0.05, 0.1) is 11.7 Å². The Kier molecular flexibility index (Phi) is 4.48. The van der Waals surface area contributed by atoms with E-state index >= 15 is 0 Å². The van der Waals surface area contributed by atoms with Crippen molar-refractivity contribution in [3.63, 3.8) is 0 Å². The Bertz CT molecular complexity index is 285. The van der Waals surface area contributed by atoms with Crippen LogP contribution in [0.4, 0.5) is 0 Å². The average molecular weight is 265 g/mol. The first kappa shape index (κ1) is 13.9. The highest BCUT2D eigenvalue weighted by molar-refractivity contribution is 4.93. The van der Waals surface area contributed by atoms with Gasteiger partial charge in [0, 0.05) is 6.04 Å². The molecule has 0 bridgehead atoms. The molecule has 1 spiro atoms. The van der Waals surface area contributed by atoms with Crippen molar-refractivity contribution in [2.75, 3.05) is 7.05 Å². The third-order valence-electron chi connectivity index (χ3n) is 5.95. The number of ether oxygens (including phenoxy) is 1. The van der Waals surface area contributed by atoms with Crippen LogP contribution in [0.25, 0.3) is 0 Å². The molecule has 19 heavy (non-hydrogen) atoms. The van der Waals surface area contributed by atoms with Crippen LogP contribution < -0.4 is 5.32 Å². The predicted octanol–water partition coefficient (Wildman–Crippen LogP) is 4.04. The van der Waals surface area contributed by atoms with E-state index in [0.29, 0.717) is 11.7 Å². The van der Waals surface area contributed by atoms with E-state index in [1.54, 1.807) is 0 Å². The monoisotopic (exact) mass is 265 g/mol. The van der Waals surface area contributed by atoms with Crippen molar-refractivity contribution in [1.82, 2.24) is 5.32 Å². The summed E-state index contributed by atoms with van der Waals surface area (Å²) in [7, 11) is 2.14. The summed E-state index contributed by atoms with van der Waals surface area (Å²) in [4.78, 5) is 0. The van der Waals surface area contributed by atoms with Crippen LogP contribution in [0.15, 0.2) is 0 Å². The Morgan fingerprint density at radius 3 is 2.53 bits per heavy atom. The fraction of sp³-hybridized carbons (Fsp3) is 1.00. The summed E-state index contributed by atoms with van der Waals surface area (Å²) >= 11 is 0. The number of rotatable bonds is 3. The van der Waals surface area contributed by atoms with Crippen molar-refractivity contribution in [3.8, 4) is 0 Å². The highest BCUT2D eigenvalue weighted by Crippen LogP contribution is 2.44. The summed E-state index contributed by atoms with van der Waals surface area (Å²) < 4.78 is 6.56. The zero-order valence-corrected chi connectivity index (χ0v) is 12.6. The highest BCUT2D eigenvalue weighted by atomic mass is 16.5. The van der Waals surface area contributed by atoms with E-state index in [2.05, 4.69) is 12.4 Å². The molecular formula is C17H31NO. The van der Waals surface area contributed by atoms with Crippen LogP contribution in [0.2, 0.25) is 0 Å². The largest absolute Gasteiger partial charge is 0.372 e. The van der Waals surface area contributed by atoms with Crippen molar-refractivity contribution in [2.45, 2.75) is 94.8 Å². The molecule has 3 aliphatic rings. The Labute approximate surface area is 118 Å². The third kappa shape index (κ3) is 3.16. The molecule has 2 heteroatoms. The highest BCUT2D eigenvalue weighted by Gasteiger charge is 2.41. The summed E-state index contributed by atoms with van der Waals surface area (Å²) in [5.41, 5.74) is 0.312. The molecule has 1 heterocycles. The minimum atomic E-state index is 0.312. The molecule has 0 aromatic rings. The van der Waals surface area contributed by atoms with E-state index in [1.165, 1.54) is 77.0 Å². The minimum Gasteiger partial charge on any atom is -0.372 e. The second kappa shape index (κ2) is 6.13. The maximum Gasteiger partial charge on any atom is 0.0687 e. The maximum absolute atomic E-state index is 6.56. The summed E-state index contributed by atoms with van der Waals surface area (Å²) in [6, 6.07) is 0.750. The third-order valence-corrected chi connectivity index (χ3v) is 5.95. The van der Waals surface area contributed by atoms with Gasteiger partial charge in [-0.15, -0.1) is 0 Å². The molecule has 0 aromatic carbocycles. The zero-order valence-electron chi connectivity index (χ0n) is 12.6. The molecule has 2 saturated carbocycles. The summed E-state index contributed by atoms with van der Waals surface area (Å²) in [5.74, 6) is 0.863. The normalized spacial score (nSPS) is 38.7. The molecule has 2 nitrogen and oxygen atoms in total. The zero-order chi connectivity index (χ0) is 13.1. The van der Waals surface area contributed by atoms with E-state index in [1.807, 2.05) is 0 Å². The maximum atomic E-state index is 6.56. The van der Waals surface area contributed by atoms with Gasteiger partial charge in [0.2, 0.25) is 0 Å². The van der Waals surface area contributed by atoms with Gasteiger partial charge in [-0.3, -0.25) is 0 Å². The molecular weight excluding hydrogens is 234 g/mol. The Balaban J connectivity index is 1.53. The number of nitrogens with one attached hydrogen (secondary N) is 1. The molecule has 1 aliphatic heterocycles. The van der Waals surface area contributed by atoms with Crippen LogP contribution in [0.1, 0.15) is 77.0 Å². The van der Waals surface area contributed by atoms with Gasteiger partial charge in [0.25, 0.3) is 0 Å². The standard InChI is InChI=1S/C17H31NO/c1-18-16-8-4-3-7-14(16)13-15-9-12-17(19-15)10-5-2-6-11-17/h14-16,18H,2-13H2,1H3. The van der Waals surface area contributed by atoms with Gasteiger partial charge >= 0.3 is 0 Å². The Morgan fingerprint density at radius 1 is 0.947 bits per heavy atom. The lowest BCUT2D eigenvalue weighted by molar-refractivity contribution is -0.0721. The molecule has 3 fully saturated rings. The second-order valence-corrected chi connectivity index (χ2v) is 7.20. The average Bonchev–Trinajstić information content (AvgIpc) is 2.83. The topological polar surface area (TPSA) is 21.3 Å². The first-order valence-corrected chi connectivity index (χ1v) is 8.66. The molecule has 1 saturated heterocycles. The molecule has 0 radical (unpaired) electrons. The predicted molar refractivity (Wildman–Crippen MR) is 79.3 cm³/mol. The van der Waals surface area contributed by atoms with Crippen molar-refractivity contribution in [1.29, 1.82) is 0 Å². The number of hydrogen-bond acceptors (Lipinski definition) is 2. The van der Waals surface area contributed by atoms with E-state index < -0.39 is 0 Å². The van der Waals surface area contributed by atoms with Gasteiger partial charge in [-0.2, -0.15) is 0 Å². The van der Waals surface area contributed by atoms with Gasteiger partial charge in [0.1, 0.15) is 0 Å². The van der Waals surface area contributed by atoms with Gasteiger partial charge in [-0.05, 0) is 57.9 Å². The summed E-state index contributed by atoms with van der Waals surface area (Å²) in [6.07, 6.45) is 17.1. The minimum absolute atomic E-state index is 0.312. The lowest BCUT2D eigenvalue weighted by Gasteiger charge is -2.36. The van der Waals surface area contributed by atoms with Crippen LogP contribution in [0.3, 0.4) is 0 Å². The van der Waals surface area contributed by atoms with Gasteiger partial charge < -0.3 is 10.1 Å². The molecule has 0 amide bonds. The Morgan fingerprint density at radius 2 is 1.74 bits per heavy atom. The van der Waals surface area contributed by atoms with Crippen molar-refractivity contribution in [2.24, 2.45) is 5.92 Å². The van der Waals surface area contributed by atoms with E-state index in [9.17, 15) is 0 Å². The van der Waals surface area contributed by atoms with Crippen molar-refractivity contribution < 1.29 is 4.74 Å². The van der Waals surface area contributed by atoms with Crippen molar-refractivity contribution >= 4 is 0 Å². The van der Waals surface area contributed by atoms with E-state index in [4.69, 9.17) is 4.74 Å². The van der Waals surface area contributed by atoms with Crippen LogP contribution in [-0.4, -0.2) is 24.8 Å². The lowest BCUT2D eigenvalue weighted by Crippen LogP contribution is -2.38. The van der Waals surface area contributed by atoms with Crippen LogP contribution in [0, 0.1) is 5.92 Å². The molecule has 0 aromatic heterocycles.